The average Bonchev–Trinajstić information content (AvgIpc) is 2.65. The smallest absolute Gasteiger partial charge is 0.292 e. The Morgan fingerprint density at radius 3 is 2.15 bits per heavy atom. The maximum absolute atomic E-state index is 12.0. The average molecular weight is 292 g/mol. The first-order chi connectivity index (χ1) is 9.45. The number of Topliss-reactive ketones (excluding diaryl/α,β-unsaturated/α-hetero) is 1. The Hall–Kier alpha value is -2.15. The van der Waals surface area contributed by atoms with Gasteiger partial charge in [0.05, 0.1) is 6.54 Å². The molecule has 0 radical (unpaired) electrons. The van der Waals surface area contributed by atoms with Crippen LogP contribution in [0.15, 0.2) is 29.2 Å². The number of imide groups is 2. The van der Waals surface area contributed by atoms with Gasteiger partial charge >= 0.3 is 17.8 Å². The van der Waals surface area contributed by atoms with Crippen molar-refractivity contribution in [2.75, 3.05) is 19.8 Å². The van der Waals surface area contributed by atoms with Gasteiger partial charge in [-0.25, -0.2) is 9.69 Å². The van der Waals surface area contributed by atoms with Crippen molar-refractivity contribution in [3.63, 3.8) is 0 Å². The van der Waals surface area contributed by atoms with Crippen molar-refractivity contribution in [1.29, 1.82) is 0 Å². The van der Waals surface area contributed by atoms with E-state index in [1.54, 1.807) is 36.0 Å². The molecule has 0 atom stereocenters. The standard InChI is InChI=1S/C13H12N2O4S/c1-14-11(17)12(18)15(13(14)19)7-10(16)8-3-5-9(20-2)6-4-8/h3-6H,7H2,1-2H3. The molecule has 0 N–H and O–H groups in total. The van der Waals surface area contributed by atoms with Crippen LogP contribution >= 0.6 is 11.8 Å². The van der Waals surface area contributed by atoms with E-state index >= 15 is 0 Å². The molecule has 2 rings (SSSR count). The molecular weight excluding hydrogens is 280 g/mol. The van der Waals surface area contributed by atoms with Gasteiger partial charge in [0, 0.05) is 17.5 Å². The molecule has 1 aliphatic heterocycles. The third-order valence-electron chi connectivity index (χ3n) is 2.96. The lowest BCUT2D eigenvalue weighted by Crippen LogP contribution is -2.36. The topological polar surface area (TPSA) is 74.8 Å². The van der Waals surface area contributed by atoms with Crippen molar-refractivity contribution in [3.8, 4) is 0 Å². The molecule has 1 saturated heterocycles. The molecule has 0 bridgehead atoms. The van der Waals surface area contributed by atoms with Crippen molar-refractivity contribution in [3.05, 3.63) is 29.8 Å². The quantitative estimate of drug-likeness (QED) is 0.358. The van der Waals surface area contributed by atoms with Gasteiger partial charge < -0.3 is 0 Å². The number of likely N-dealkylation sites (N-methyl/N-ethyl adjacent to an activating group) is 1. The second kappa shape index (κ2) is 5.46. The summed E-state index contributed by atoms with van der Waals surface area (Å²) in [5.74, 6) is -2.27. The lowest BCUT2D eigenvalue weighted by Gasteiger charge is -2.11. The SMILES string of the molecule is CSc1ccc(C(=O)CN2C(=O)C(=O)N(C)C2=O)cc1. The Morgan fingerprint density at radius 1 is 1.10 bits per heavy atom. The second-order valence-electron chi connectivity index (χ2n) is 4.19. The van der Waals surface area contributed by atoms with Gasteiger partial charge in [0.15, 0.2) is 5.78 Å². The summed E-state index contributed by atoms with van der Waals surface area (Å²) in [5.41, 5.74) is 0.394. The predicted octanol–water partition coefficient (Wildman–Crippen LogP) is 1.01. The predicted molar refractivity (Wildman–Crippen MR) is 72.4 cm³/mol. The van der Waals surface area contributed by atoms with Crippen LogP contribution in [0.1, 0.15) is 10.4 Å². The van der Waals surface area contributed by atoms with Crippen LogP contribution in [-0.4, -0.2) is 53.3 Å². The van der Waals surface area contributed by atoms with Crippen LogP contribution in [0.5, 0.6) is 0 Å². The van der Waals surface area contributed by atoms with Gasteiger partial charge in [-0.15, -0.1) is 11.8 Å². The fraction of sp³-hybridized carbons (Fsp3) is 0.231. The van der Waals surface area contributed by atoms with Crippen molar-refractivity contribution in [2.24, 2.45) is 0 Å². The van der Waals surface area contributed by atoms with Crippen LogP contribution in [0.4, 0.5) is 4.79 Å². The molecule has 4 amide bonds. The Morgan fingerprint density at radius 2 is 1.70 bits per heavy atom. The van der Waals surface area contributed by atoms with E-state index in [0.717, 1.165) is 4.90 Å². The molecule has 0 aliphatic carbocycles. The molecule has 1 aromatic carbocycles. The number of urea groups is 1. The number of carbonyl (C=O) groups excluding carboxylic acids is 4. The first kappa shape index (κ1) is 14.3. The Kier molecular flexibility index (Phi) is 3.89. The summed E-state index contributed by atoms with van der Waals surface area (Å²) in [4.78, 5) is 48.9. The molecule has 7 heteroatoms. The molecule has 6 nitrogen and oxygen atoms in total. The maximum Gasteiger partial charge on any atom is 0.334 e. The third kappa shape index (κ3) is 2.44. The van der Waals surface area contributed by atoms with Gasteiger partial charge in [-0.1, -0.05) is 12.1 Å². The molecule has 0 aromatic heterocycles. The molecule has 0 spiro atoms. The van der Waals surface area contributed by atoms with Gasteiger partial charge in [-0.2, -0.15) is 0 Å². The van der Waals surface area contributed by atoms with Crippen LogP contribution in [0.3, 0.4) is 0 Å². The number of hydrogen-bond donors (Lipinski definition) is 0. The zero-order valence-corrected chi connectivity index (χ0v) is 11.8. The van der Waals surface area contributed by atoms with Gasteiger partial charge in [0.2, 0.25) is 0 Å². The minimum absolute atomic E-state index is 0.387. The number of amides is 4. The molecule has 0 unspecified atom stereocenters. The van der Waals surface area contributed by atoms with Gasteiger partial charge in [-0.3, -0.25) is 19.3 Å². The highest BCUT2D eigenvalue weighted by atomic mass is 32.2. The normalized spacial score (nSPS) is 15.2. The summed E-state index contributed by atoms with van der Waals surface area (Å²) >= 11 is 1.54. The number of nitrogens with zero attached hydrogens (tertiary/aromatic N) is 2. The van der Waals surface area contributed by atoms with E-state index in [9.17, 15) is 19.2 Å². The van der Waals surface area contributed by atoms with Crippen molar-refractivity contribution < 1.29 is 19.2 Å². The zero-order valence-electron chi connectivity index (χ0n) is 11.0. The Balaban J connectivity index is 2.13. The van der Waals surface area contributed by atoms with Gasteiger partial charge in [-0.05, 0) is 18.4 Å². The van der Waals surface area contributed by atoms with Crippen molar-refractivity contribution in [2.45, 2.75) is 4.90 Å². The third-order valence-corrected chi connectivity index (χ3v) is 3.71. The summed E-state index contributed by atoms with van der Waals surface area (Å²) < 4.78 is 0. The van der Waals surface area contributed by atoms with Gasteiger partial charge in [0.25, 0.3) is 0 Å². The van der Waals surface area contributed by atoms with Crippen LogP contribution in [-0.2, 0) is 9.59 Å². The zero-order chi connectivity index (χ0) is 14.9. The highest BCUT2D eigenvalue weighted by Crippen LogP contribution is 2.16. The minimum atomic E-state index is -0.966. The molecule has 1 heterocycles. The monoisotopic (exact) mass is 292 g/mol. The number of carbonyl (C=O) groups is 4. The molecule has 1 aromatic rings. The van der Waals surface area contributed by atoms with Crippen molar-refractivity contribution >= 4 is 35.4 Å². The first-order valence-electron chi connectivity index (χ1n) is 5.76. The minimum Gasteiger partial charge on any atom is -0.292 e. The van der Waals surface area contributed by atoms with E-state index in [2.05, 4.69) is 0 Å². The Bertz CT molecular complexity index is 597. The number of rotatable bonds is 4. The lowest BCUT2D eigenvalue weighted by molar-refractivity contribution is -0.142. The summed E-state index contributed by atoms with van der Waals surface area (Å²) in [7, 11) is 1.21. The second-order valence-corrected chi connectivity index (χ2v) is 5.07. The molecular formula is C13H12N2O4S. The van der Waals surface area contributed by atoms with E-state index < -0.39 is 24.4 Å². The van der Waals surface area contributed by atoms with Gasteiger partial charge in [0.1, 0.15) is 0 Å². The fourth-order valence-corrected chi connectivity index (χ4v) is 2.17. The summed E-state index contributed by atoms with van der Waals surface area (Å²) in [5, 5.41) is 0. The summed E-state index contributed by atoms with van der Waals surface area (Å²) in [6, 6.07) is 6.05. The van der Waals surface area contributed by atoms with Crippen LogP contribution < -0.4 is 0 Å². The fourth-order valence-electron chi connectivity index (χ4n) is 1.76. The van der Waals surface area contributed by atoms with E-state index in [1.807, 2.05) is 6.26 Å². The molecule has 1 aliphatic rings. The van der Waals surface area contributed by atoms with E-state index in [4.69, 9.17) is 0 Å². The summed E-state index contributed by atoms with van der Waals surface area (Å²) in [6.07, 6.45) is 1.92. The number of thioether (sulfide) groups is 1. The molecule has 20 heavy (non-hydrogen) atoms. The summed E-state index contributed by atoms with van der Waals surface area (Å²) in [6.45, 7) is -0.424. The van der Waals surface area contributed by atoms with Crippen LogP contribution in [0.25, 0.3) is 0 Å². The van der Waals surface area contributed by atoms with Crippen LogP contribution in [0.2, 0.25) is 0 Å². The van der Waals surface area contributed by atoms with E-state index in [-0.39, 0.29) is 5.78 Å². The van der Waals surface area contributed by atoms with Crippen molar-refractivity contribution in [1.82, 2.24) is 9.80 Å². The highest BCUT2D eigenvalue weighted by Gasteiger charge is 2.42. The molecule has 0 saturated carbocycles. The molecule has 1 fully saturated rings. The Labute approximate surface area is 119 Å². The number of ketones is 1. The maximum atomic E-state index is 12.0. The number of benzene rings is 1. The first-order valence-corrected chi connectivity index (χ1v) is 6.99. The largest absolute Gasteiger partial charge is 0.334 e. The van der Waals surface area contributed by atoms with Crippen LogP contribution in [0, 0.1) is 0 Å². The molecule has 104 valence electrons. The van der Waals surface area contributed by atoms with E-state index in [0.29, 0.717) is 15.4 Å². The highest BCUT2D eigenvalue weighted by molar-refractivity contribution is 7.98. The van der Waals surface area contributed by atoms with E-state index in [1.165, 1.54) is 7.05 Å². The number of hydrogen-bond acceptors (Lipinski definition) is 5. The lowest BCUT2D eigenvalue weighted by atomic mass is 10.1.